The van der Waals surface area contributed by atoms with Gasteiger partial charge in [-0.05, 0) is 36.8 Å². The predicted octanol–water partition coefficient (Wildman–Crippen LogP) is 2.74. The van der Waals surface area contributed by atoms with E-state index in [1.807, 2.05) is 30.3 Å². The number of hydrogen-bond acceptors (Lipinski definition) is 5. The highest BCUT2D eigenvalue weighted by molar-refractivity contribution is 5.81. The molecule has 0 unspecified atom stereocenters. The third-order valence-corrected chi connectivity index (χ3v) is 4.48. The van der Waals surface area contributed by atoms with Crippen molar-refractivity contribution in [2.24, 2.45) is 0 Å². The average Bonchev–Trinajstić information content (AvgIpc) is 3.01. The minimum absolute atomic E-state index is 0.253. The molecule has 0 bridgehead atoms. The lowest BCUT2D eigenvalue weighted by Crippen LogP contribution is -2.29. The first-order chi connectivity index (χ1) is 13.2. The van der Waals surface area contributed by atoms with Gasteiger partial charge in [-0.25, -0.2) is 9.20 Å². The Labute approximate surface area is 154 Å². The molecule has 0 fully saturated rings. The number of aryl methyl sites for hydroxylation is 1. The zero-order chi connectivity index (χ0) is 19.0. The molecule has 0 amide bonds. The minimum Gasteiger partial charge on any atom is -0.497 e. The Kier molecular flexibility index (Phi) is 3.94. The highest BCUT2D eigenvalue weighted by Crippen LogP contribution is 2.30. The molecule has 0 saturated heterocycles. The van der Waals surface area contributed by atoms with E-state index in [1.165, 1.54) is 9.08 Å². The van der Waals surface area contributed by atoms with Gasteiger partial charge in [0.1, 0.15) is 17.4 Å². The van der Waals surface area contributed by atoms with E-state index in [0.717, 1.165) is 5.56 Å². The van der Waals surface area contributed by atoms with Crippen molar-refractivity contribution in [3.63, 3.8) is 0 Å². The van der Waals surface area contributed by atoms with E-state index in [1.54, 1.807) is 38.3 Å². The van der Waals surface area contributed by atoms with Gasteiger partial charge in [0.2, 0.25) is 0 Å². The molecule has 0 radical (unpaired) electrons. The smallest absolute Gasteiger partial charge is 0.356 e. The summed E-state index contributed by atoms with van der Waals surface area (Å²) < 4.78 is 7.78. The molecule has 4 rings (SSSR count). The Morgan fingerprint density at radius 3 is 2.41 bits per heavy atom. The summed E-state index contributed by atoms with van der Waals surface area (Å²) in [5.74, 6) is 0.677. The van der Waals surface area contributed by atoms with Crippen molar-refractivity contribution in [1.82, 2.24) is 19.4 Å². The molecule has 132 valence electrons. The average molecular weight is 357 g/mol. The van der Waals surface area contributed by atoms with Crippen LogP contribution < -0.4 is 10.4 Å². The standard InChI is InChI=1S/C20H15N5O2/c1-13-18(14-6-4-3-5-7-14)17(12-21)19-22-23-25(20(26)24(13)19)15-8-10-16(27-2)11-9-15/h3-11H,1-2H3. The molecular formula is C20H15N5O2. The molecule has 0 atom stereocenters. The number of fused-ring (bicyclic) bond motifs is 1. The molecule has 0 N–H and O–H groups in total. The number of benzene rings is 2. The van der Waals surface area contributed by atoms with E-state index >= 15 is 0 Å². The molecule has 27 heavy (non-hydrogen) atoms. The van der Waals surface area contributed by atoms with Gasteiger partial charge in [-0.3, -0.25) is 0 Å². The molecule has 0 aliphatic carbocycles. The largest absolute Gasteiger partial charge is 0.497 e. The molecular weight excluding hydrogens is 342 g/mol. The fraction of sp³-hybridized carbons (Fsp3) is 0.100. The molecule has 0 aliphatic heterocycles. The maximum atomic E-state index is 13.1. The number of aromatic nitrogens is 4. The maximum Gasteiger partial charge on any atom is 0.356 e. The number of rotatable bonds is 3. The van der Waals surface area contributed by atoms with Crippen molar-refractivity contribution in [2.75, 3.05) is 7.11 Å². The van der Waals surface area contributed by atoms with Crippen LogP contribution in [0.3, 0.4) is 0 Å². The first-order valence-corrected chi connectivity index (χ1v) is 8.26. The molecule has 0 aliphatic rings. The highest BCUT2D eigenvalue weighted by Gasteiger charge is 2.21. The fourth-order valence-corrected chi connectivity index (χ4v) is 3.17. The van der Waals surface area contributed by atoms with Crippen LogP contribution in [0, 0.1) is 18.3 Å². The van der Waals surface area contributed by atoms with Gasteiger partial charge in [-0.15, -0.1) is 5.10 Å². The second-order valence-corrected chi connectivity index (χ2v) is 5.95. The van der Waals surface area contributed by atoms with E-state index in [0.29, 0.717) is 28.3 Å². The van der Waals surface area contributed by atoms with E-state index in [2.05, 4.69) is 16.4 Å². The van der Waals surface area contributed by atoms with Crippen LogP contribution in [0.1, 0.15) is 11.3 Å². The molecule has 7 nitrogen and oxygen atoms in total. The van der Waals surface area contributed by atoms with Crippen molar-refractivity contribution in [1.29, 1.82) is 5.26 Å². The lowest BCUT2D eigenvalue weighted by atomic mass is 10.0. The Morgan fingerprint density at radius 1 is 1.07 bits per heavy atom. The summed E-state index contributed by atoms with van der Waals surface area (Å²) >= 11 is 0. The zero-order valence-electron chi connectivity index (χ0n) is 14.7. The van der Waals surface area contributed by atoms with Crippen molar-refractivity contribution in [2.45, 2.75) is 6.92 Å². The van der Waals surface area contributed by atoms with E-state index in [-0.39, 0.29) is 11.3 Å². The Bertz CT molecular complexity index is 1230. The summed E-state index contributed by atoms with van der Waals surface area (Å²) in [7, 11) is 1.57. The zero-order valence-corrected chi connectivity index (χ0v) is 14.7. The Morgan fingerprint density at radius 2 is 1.78 bits per heavy atom. The molecule has 2 aromatic heterocycles. The summed E-state index contributed by atoms with van der Waals surface area (Å²) in [4.78, 5) is 13.1. The summed E-state index contributed by atoms with van der Waals surface area (Å²) in [6, 6.07) is 18.6. The van der Waals surface area contributed by atoms with E-state index in [9.17, 15) is 10.1 Å². The van der Waals surface area contributed by atoms with Gasteiger partial charge in [0.15, 0.2) is 5.65 Å². The summed E-state index contributed by atoms with van der Waals surface area (Å²) in [5.41, 5.74) is 2.96. The lowest BCUT2D eigenvalue weighted by molar-refractivity contribution is 0.414. The number of nitrogens with zero attached hydrogens (tertiary/aromatic N) is 5. The topological polar surface area (TPSA) is 85.2 Å². The van der Waals surface area contributed by atoms with E-state index < -0.39 is 0 Å². The first kappa shape index (κ1) is 16.5. The minimum atomic E-state index is -0.388. The van der Waals surface area contributed by atoms with Crippen LogP contribution in [0.15, 0.2) is 59.4 Å². The van der Waals surface area contributed by atoms with Crippen molar-refractivity contribution < 1.29 is 4.74 Å². The Hall–Kier alpha value is -3.92. The highest BCUT2D eigenvalue weighted by atomic mass is 16.5. The van der Waals surface area contributed by atoms with Crippen molar-refractivity contribution >= 4 is 5.65 Å². The SMILES string of the molecule is COc1ccc(-n2nnc3c(C#N)c(-c4ccccc4)c(C)n3c2=O)cc1. The van der Waals surface area contributed by atoms with Crippen LogP contribution in [-0.4, -0.2) is 26.5 Å². The summed E-state index contributed by atoms with van der Waals surface area (Å²) in [5, 5.41) is 17.9. The predicted molar refractivity (Wildman–Crippen MR) is 100 cm³/mol. The molecule has 7 heteroatoms. The number of ether oxygens (including phenoxy) is 1. The number of methoxy groups -OCH3 is 1. The van der Waals surface area contributed by atoms with Crippen LogP contribution in [0.2, 0.25) is 0 Å². The summed E-state index contributed by atoms with van der Waals surface area (Å²) in [6.07, 6.45) is 0. The molecule has 0 saturated carbocycles. The normalized spacial score (nSPS) is 10.7. The van der Waals surface area contributed by atoms with Crippen LogP contribution in [-0.2, 0) is 0 Å². The van der Waals surface area contributed by atoms with Crippen molar-refractivity contribution in [3.8, 4) is 28.6 Å². The van der Waals surface area contributed by atoms with Gasteiger partial charge in [-0.2, -0.15) is 9.94 Å². The number of hydrogen-bond donors (Lipinski definition) is 0. The van der Waals surface area contributed by atoms with Gasteiger partial charge >= 0.3 is 5.69 Å². The summed E-state index contributed by atoms with van der Waals surface area (Å²) in [6.45, 7) is 1.80. The van der Waals surface area contributed by atoms with Gasteiger partial charge in [0.25, 0.3) is 0 Å². The van der Waals surface area contributed by atoms with Crippen molar-refractivity contribution in [3.05, 3.63) is 76.3 Å². The van der Waals surface area contributed by atoms with Gasteiger partial charge < -0.3 is 4.74 Å². The quantitative estimate of drug-likeness (QED) is 0.563. The second-order valence-electron chi connectivity index (χ2n) is 5.95. The molecule has 4 aromatic rings. The lowest BCUT2D eigenvalue weighted by Gasteiger charge is -2.06. The first-order valence-electron chi connectivity index (χ1n) is 8.26. The van der Waals surface area contributed by atoms with Gasteiger partial charge in [-0.1, -0.05) is 35.5 Å². The number of nitriles is 1. The van der Waals surface area contributed by atoms with Gasteiger partial charge in [0, 0.05) is 11.3 Å². The Balaban J connectivity index is 2.00. The van der Waals surface area contributed by atoms with Crippen LogP contribution >= 0.6 is 0 Å². The van der Waals surface area contributed by atoms with Crippen LogP contribution in [0.5, 0.6) is 5.75 Å². The molecule has 2 aromatic carbocycles. The third kappa shape index (κ3) is 2.55. The van der Waals surface area contributed by atoms with E-state index in [4.69, 9.17) is 4.74 Å². The maximum absolute atomic E-state index is 13.1. The van der Waals surface area contributed by atoms with Gasteiger partial charge in [0.05, 0.1) is 12.8 Å². The van der Waals surface area contributed by atoms with Crippen LogP contribution in [0.25, 0.3) is 22.5 Å². The van der Waals surface area contributed by atoms with Crippen LogP contribution in [0.4, 0.5) is 0 Å². The second kappa shape index (κ2) is 6.42. The third-order valence-electron chi connectivity index (χ3n) is 4.48. The molecule has 0 spiro atoms. The fourth-order valence-electron chi connectivity index (χ4n) is 3.17. The molecule has 2 heterocycles. The monoisotopic (exact) mass is 357 g/mol.